The van der Waals surface area contributed by atoms with Gasteiger partial charge in [-0.05, 0) is 56.6 Å². The molecule has 0 spiro atoms. The molecular weight excluding hydrogens is 578 g/mol. The quantitative estimate of drug-likeness (QED) is 0.238. The topological polar surface area (TPSA) is 169 Å². The summed E-state index contributed by atoms with van der Waals surface area (Å²) in [6.45, 7) is 4.10. The Bertz CT molecular complexity index is 1520. The zero-order chi connectivity index (χ0) is 31.2. The van der Waals surface area contributed by atoms with Gasteiger partial charge in [-0.15, -0.1) is 0 Å². The molecule has 1 aromatic carbocycles. The number of hydrogen-bond donors (Lipinski definition) is 4. The number of nitrogens with two attached hydrogens (primary N) is 1. The van der Waals surface area contributed by atoms with Crippen molar-refractivity contribution in [3.05, 3.63) is 48.4 Å². The zero-order valence-corrected chi connectivity index (χ0v) is 21.7. The number of aromatic nitrogens is 4. The molecule has 0 amide bonds. The first-order valence-electron chi connectivity index (χ1n) is 12.0. The van der Waals surface area contributed by atoms with Crippen LogP contribution in [-0.2, 0) is 9.59 Å². The first kappa shape index (κ1) is 31.9. The van der Waals surface area contributed by atoms with Crippen molar-refractivity contribution in [1.82, 2.24) is 25.1 Å². The summed E-state index contributed by atoms with van der Waals surface area (Å²) < 4.78 is 71.5. The number of nitrogens with zero attached hydrogens (tertiary/aromatic N) is 4. The molecule has 1 saturated heterocycles. The highest BCUT2D eigenvalue weighted by Crippen LogP contribution is 2.32. The number of piperidine rings is 1. The van der Waals surface area contributed by atoms with Crippen molar-refractivity contribution in [2.24, 2.45) is 0 Å². The molecule has 0 bridgehead atoms. The number of hydrogen-bond acceptors (Lipinski definition) is 8. The molecule has 4 heterocycles. The van der Waals surface area contributed by atoms with Crippen LogP contribution in [0.5, 0.6) is 0 Å². The number of carboxylic acid groups (broad SMARTS) is 2. The number of nitrogen functional groups attached to an aromatic ring is 1. The molecule has 1 aliphatic heterocycles. The first-order chi connectivity index (χ1) is 19.6. The van der Waals surface area contributed by atoms with E-state index in [9.17, 15) is 26.3 Å². The fourth-order valence-electron chi connectivity index (χ4n) is 3.72. The van der Waals surface area contributed by atoms with Gasteiger partial charge in [0, 0.05) is 23.5 Å². The molecule has 0 radical (unpaired) electrons. The number of nitrogens with one attached hydrogen (secondary N) is 1. The van der Waals surface area contributed by atoms with Crippen molar-refractivity contribution in [2.45, 2.75) is 38.2 Å². The molecular formula is C25H24F6N6O5. The van der Waals surface area contributed by atoms with Gasteiger partial charge in [-0.25, -0.2) is 19.6 Å². The van der Waals surface area contributed by atoms with E-state index >= 15 is 0 Å². The standard InChI is InChI=1S/C21H22N6O.2C2HF3O2/c1-13-2-3-19-18(8-13)26-21(28-19)17-9-14(10-24-20(17)22)15-11-25-27(12-15)16-4-6-23-7-5-16;2*3-2(4,5)1(6)7/h2-3,8-12,16,23H,4-7H2,1H3,(H2,22,24);2*(H,6,7). The number of fused-ring (bicyclic) bond motifs is 1. The summed E-state index contributed by atoms with van der Waals surface area (Å²) >= 11 is 0. The molecule has 17 heteroatoms. The van der Waals surface area contributed by atoms with Crippen molar-refractivity contribution in [2.75, 3.05) is 18.8 Å². The summed E-state index contributed by atoms with van der Waals surface area (Å²) in [5.74, 6) is -4.63. The minimum Gasteiger partial charge on any atom is -0.475 e. The number of halogens is 6. The molecule has 5 N–H and O–H groups in total. The van der Waals surface area contributed by atoms with Gasteiger partial charge in [-0.1, -0.05) is 6.07 Å². The van der Waals surface area contributed by atoms with Gasteiger partial charge in [0.1, 0.15) is 11.3 Å². The average Bonchev–Trinajstić information content (AvgIpc) is 3.57. The minimum atomic E-state index is -5.08. The number of anilines is 1. The maximum atomic E-state index is 10.6. The predicted octanol–water partition coefficient (Wildman–Crippen LogP) is 4.84. The Labute approximate surface area is 233 Å². The molecule has 4 aromatic rings. The van der Waals surface area contributed by atoms with Crippen molar-refractivity contribution in [1.29, 1.82) is 0 Å². The normalized spacial score (nSPS) is 14.0. The number of alkyl halides is 6. The van der Waals surface area contributed by atoms with E-state index in [-0.39, 0.29) is 0 Å². The summed E-state index contributed by atoms with van der Waals surface area (Å²) in [5, 5.41) is 22.2. The van der Waals surface area contributed by atoms with Crippen LogP contribution < -0.4 is 11.1 Å². The Morgan fingerprint density at radius 2 is 1.60 bits per heavy atom. The van der Waals surface area contributed by atoms with Crippen LogP contribution in [0.3, 0.4) is 0 Å². The monoisotopic (exact) mass is 602 g/mol. The van der Waals surface area contributed by atoms with E-state index in [4.69, 9.17) is 30.0 Å². The van der Waals surface area contributed by atoms with Crippen LogP contribution in [0.15, 0.2) is 47.3 Å². The minimum absolute atomic E-state index is 0.401. The lowest BCUT2D eigenvalue weighted by Crippen LogP contribution is -2.29. The Balaban J connectivity index is 0.000000289. The van der Waals surface area contributed by atoms with Crippen molar-refractivity contribution in [3.63, 3.8) is 0 Å². The van der Waals surface area contributed by atoms with Gasteiger partial charge in [0.15, 0.2) is 5.58 Å². The summed E-state index contributed by atoms with van der Waals surface area (Å²) in [4.78, 5) is 26.8. The first-order valence-corrected chi connectivity index (χ1v) is 12.0. The summed E-state index contributed by atoms with van der Waals surface area (Å²) in [6, 6.07) is 8.35. The highest BCUT2D eigenvalue weighted by molar-refractivity contribution is 5.81. The average molecular weight is 602 g/mol. The number of carboxylic acids is 2. The van der Waals surface area contributed by atoms with Crippen molar-refractivity contribution >= 4 is 28.9 Å². The van der Waals surface area contributed by atoms with E-state index in [0.29, 0.717) is 23.3 Å². The zero-order valence-electron chi connectivity index (χ0n) is 21.7. The smallest absolute Gasteiger partial charge is 0.475 e. The fraction of sp³-hybridized carbons (Fsp3) is 0.320. The lowest BCUT2D eigenvalue weighted by molar-refractivity contribution is -0.193. The number of pyridine rings is 1. The van der Waals surface area contributed by atoms with Crippen LogP contribution in [0.2, 0.25) is 0 Å². The van der Waals surface area contributed by atoms with Gasteiger partial charge < -0.3 is 25.7 Å². The van der Waals surface area contributed by atoms with Gasteiger partial charge >= 0.3 is 24.3 Å². The molecule has 11 nitrogen and oxygen atoms in total. The highest BCUT2D eigenvalue weighted by Gasteiger charge is 2.38. The molecule has 226 valence electrons. The lowest BCUT2D eigenvalue weighted by atomic mass is 10.1. The lowest BCUT2D eigenvalue weighted by Gasteiger charge is -2.22. The van der Waals surface area contributed by atoms with E-state index in [0.717, 1.165) is 53.7 Å². The predicted molar refractivity (Wildman–Crippen MR) is 136 cm³/mol. The summed E-state index contributed by atoms with van der Waals surface area (Å²) in [6.07, 6.45) is -2.24. The van der Waals surface area contributed by atoms with Crippen molar-refractivity contribution < 1.29 is 50.6 Å². The Morgan fingerprint density at radius 1 is 1.00 bits per heavy atom. The van der Waals surface area contributed by atoms with Gasteiger partial charge in [0.2, 0.25) is 5.89 Å². The van der Waals surface area contributed by atoms with E-state index in [2.05, 4.69) is 31.3 Å². The summed E-state index contributed by atoms with van der Waals surface area (Å²) in [7, 11) is 0. The Kier molecular flexibility index (Phi) is 9.77. The maximum absolute atomic E-state index is 10.6. The van der Waals surface area contributed by atoms with E-state index in [1.54, 1.807) is 6.20 Å². The van der Waals surface area contributed by atoms with E-state index in [1.165, 1.54) is 0 Å². The second-order valence-corrected chi connectivity index (χ2v) is 8.94. The van der Waals surface area contributed by atoms with E-state index in [1.807, 2.05) is 37.4 Å². The van der Waals surface area contributed by atoms with E-state index < -0.39 is 24.3 Å². The third-order valence-corrected chi connectivity index (χ3v) is 5.79. The largest absolute Gasteiger partial charge is 0.490 e. The molecule has 3 aromatic heterocycles. The van der Waals surface area contributed by atoms with Gasteiger partial charge in [0.05, 0.1) is 17.8 Å². The molecule has 42 heavy (non-hydrogen) atoms. The Morgan fingerprint density at radius 3 is 2.17 bits per heavy atom. The number of aryl methyl sites for hydroxylation is 1. The highest BCUT2D eigenvalue weighted by atomic mass is 19.4. The number of rotatable bonds is 3. The molecule has 0 aliphatic carbocycles. The van der Waals surface area contributed by atoms with Crippen molar-refractivity contribution in [3.8, 4) is 22.6 Å². The number of carbonyl (C=O) groups is 2. The number of aliphatic carboxylic acids is 2. The van der Waals surface area contributed by atoms with Crippen LogP contribution in [0.1, 0.15) is 24.4 Å². The third kappa shape index (κ3) is 8.42. The fourth-order valence-corrected chi connectivity index (χ4v) is 3.72. The third-order valence-electron chi connectivity index (χ3n) is 5.79. The van der Waals surface area contributed by atoms with Crippen LogP contribution in [-0.4, -0.2) is 67.3 Å². The SMILES string of the molecule is Cc1ccc2oc(-c3cc(-c4cnn(C5CCNCC5)c4)cnc3N)nc2c1.O=C(O)C(F)(F)F.O=C(O)C(F)(F)F. The van der Waals surface area contributed by atoms with Crippen LogP contribution in [0, 0.1) is 6.92 Å². The van der Waals surface area contributed by atoms with Gasteiger partial charge in [-0.3, -0.25) is 4.68 Å². The second-order valence-electron chi connectivity index (χ2n) is 8.94. The van der Waals surface area contributed by atoms with Crippen LogP contribution in [0.25, 0.3) is 33.7 Å². The second kappa shape index (κ2) is 12.9. The molecule has 1 aliphatic rings. The summed E-state index contributed by atoms with van der Waals surface area (Å²) in [5.41, 5.74) is 11.5. The molecule has 1 fully saturated rings. The molecule has 0 atom stereocenters. The molecule has 5 rings (SSSR count). The van der Waals surface area contributed by atoms with Gasteiger partial charge in [0.25, 0.3) is 0 Å². The number of benzene rings is 1. The van der Waals surface area contributed by atoms with Crippen LogP contribution >= 0.6 is 0 Å². The molecule has 0 saturated carbocycles. The molecule has 0 unspecified atom stereocenters. The maximum Gasteiger partial charge on any atom is 0.490 e. The Hall–Kier alpha value is -4.67. The van der Waals surface area contributed by atoms with Crippen LogP contribution in [0.4, 0.5) is 32.2 Å². The van der Waals surface area contributed by atoms with Gasteiger partial charge in [-0.2, -0.15) is 31.4 Å². The number of oxazole rings is 1.